The first-order chi connectivity index (χ1) is 12.0. The van der Waals surface area contributed by atoms with Crippen molar-refractivity contribution in [3.8, 4) is 11.1 Å². The van der Waals surface area contributed by atoms with Gasteiger partial charge in [0.15, 0.2) is 0 Å². The minimum Gasteiger partial charge on any atom is -0.335 e. The van der Waals surface area contributed by atoms with Crippen molar-refractivity contribution >= 4 is 9.84 Å². The van der Waals surface area contributed by atoms with Crippen molar-refractivity contribution in [1.82, 2.24) is 9.97 Å². The number of aryl methyl sites for hydroxylation is 2. The zero-order valence-corrected chi connectivity index (χ0v) is 15.3. The predicted octanol–water partition coefficient (Wildman–Crippen LogP) is 4.56. The molecule has 0 aliphatic heterocycles. The van der Waals surface area contributed by atoms with E-state index in [0.29, 0.717) is 5.56 Å². The van der Waals surface area contributed by atoms with Crippen LogP contribution in [-0.4, -0.2) is 18.4 Å². The Morgan fingerprint density at radius 2 is 1.84 bits per heavy atom. The molecule has 0 fully saturated rings. The van der Waals surface area contributed by atoms with Crippen molar-refractivity contribution in [3.63, 3.8) is 0 Å². The number of aromatic amines is 1. The lowest BCUT2D eigenvalue weighted by Gasteiger charge is -2.11. The lowest BCUT2D eigenvalue weighted by atomic mass is 10.0. The average molecular weight is 354 g/mol. The lowest BCUT2D eigenvalue weighted by molar-refractivity contribution is 0.589. The normalized spacial score (nSPS) is 11.6. The van der Waals surface area contributed by atoms with Crippen LogP contribution in [0, 0.1) is 6.92 Å². The van der Waals surface area contributed by atoms with E-state index in [1.165, 1.54) is 18.0 Å². The minimum atomic E-state index is -3.68. The highest BCUT2D eigenvalue weighted by Gasteiger charge is 2.24. The SMILES string of the molecule is CCCCc1ccc(-c2cc(C)ccc2S(=O)(=O)c2ncc[nH]2)cc1. The number of rotatable bonds is 6. The van der Waals surface area contributed by atoms with Gasteiger partial charge >= 0.3 is 0 Å². The number of hydrogen-bond acceptors (Lipinski definition) is 3. The molecule has 0 aliphatic rings. The molecule has 0 spiro atoms. The van der Waals surface area contributed by atoms with Crippen LogP contribution in [0.4, 0.5) is 0 Å². The van der Waals surface area contributed by atoms with Crippen LogP contribution in [0.3, 0.4) is 0 Å². The van der Waals surface area contributed by atoms with Crippen LogP contribution in [0.15, 0.2) is 64.9 Å². The van der Waals surface area contributed by atoms with Crippen molar-refractivity contribution in [2.24, 2.45) is 0 Å². The van der Waals surface area contributed by atoms with Gasteiger partial charge in [0.05, 0.1) is 4.90 Å². The number of aromatic nitrogens is 2. The number of H-pyrrole nitrogens is 1. The quantitative estimate of drug-likeness (QED) is 0.706. The fourth-order valence-electron chi connectivity index (χ4n) is 2.84. The average Bonchev–Trinajstić information content (AvgIpc) is 3.15. The van der Waals surface area contributed by atoms with Gasteiger partial charge in [0.25, 0.3) is 0 Å². The minimum absolute atomic E-state index is 0.0304. The molecule has 130 valence electrons. The van der Waals surface area contributed by atoms with Gasteiger partial charge in [-0.3, -0.25) is 0 Å². The fourth-order valence-corrected chi connectivity index (χ4v) is 4.18. The highest BCUT2D eigenvalue weighted by Crippen LogP contribution is 2.31. The molecule has 0 radical (unpaired) electrons. The molecule has 0 saturated heterocycles. The summed E-state index contributed by atoms with van der Waals surface area (Å²) in [4.78, 5) is 6.90. The van der Waals surface area contributed by atoms with E-state index in [4.69, 9.17) is 0 Å². The highest BCUT2D eigenvalue weighted by molar-refractivity contribution is 7.91. The molecule has 0 aliphatic carbocycles. The van der Waals surface area contributed by atoms with Crippen molar-refractivity contribution in [3.05, 3.63) is 66.0 Å². The van der Waals surface area contributed by atoms with Crippen LogP contribution in [0.5, 0.6) is 0 Å². The third kappa shape index (κ3) is 3.66. The number of imidazole rings is 1. The number of unbranched alkanes of at least 4 members (excludes halogenated alkanes) is 1. The summed E-state index contributed by atoms with van der Waals surface area (Å²) in [5, 5.41) is -0.0304. The van der Waals surface area contributed by atoms with E-state index in [-0.39, 0.29) is 10.1 Å². The summed E-state index contributed by atoms with van der Waals surface area (Å²) < 4.78 is 25.8. The van der Waals surface area contributed by atoms with E-state index in [0.717, 1.165) is 30.4 Å². The summed E-state index contributed by atoms with van der Waals surface area (Å²) in [6, 6.07) is 13.6. The lowest BCUT2D eigenvalue weighted by Crippen LogP contribution is -2.06. The summed E-state index contributed by atoms with van der Waals surface area (Å²) in [6.07, 6.45) is 6.32. The van der Waals surface area contributed by atoms with E-state index in [2.05, 4.69) is 29.0 Å². The first-order valence-electron chi connectivity index (χ1n) is 8.47. The van der Waals surface area contributed by atoms with E-state index in [9.17, 15) is 8.42 Å². The second-order valence-electron chi connectivity index (χ2n) is 6.20. The topological polar surface area (TPSA) is 62.8 Å². The zero-order chi connectivity index (χ0) is 17.9. The summed E-state index contributed by atoms with van der Waals surface area (Å²) in [5.41, 5.74) is 3.89. The van der Waals surface area contributed by atoms with Gasteiger partial charge < -0.3 is 4.98 Å². The Balaban J connectivity index is 2.06. The molecule has 25 heavy (non-hydrogen) atoms. The maximum atomic E-state index is 12.9. The highest BCUT2D eigenvalue weighted by atomic mass is 32.2. The standard InChI is InChI=1S/C20H22N2O2S/c1-3-4-5-16-7-9-17(10-8-16)18-14-15(2)6-11-19(18)25(23,24)20-21-12-13-22-20/h6-14H,3-5H2,1-2H3,(H,21,22). The predicted molar refractivity (Wildman–Crippen MR) is 99.3 cm³/mol. The number of sulfone groups is 1. The largest absolute Gasteiger partial charge is 0.335 e. The Bertz CT molecular complexity index is 944. The van der Waals surface area contributed by atoms with E-state index in [1.54, 1.807) is 6.07 Å². The molecule has 5 heteroatoms. The molecule has 3 aromatic rings. The molecule has 1 aromatic heterocycles. The second-order valence-corrected chi connectivity index (χ2v) is 8.03. The Morgan fingerprint density at radius 1 is 1.08 bits per heavy atom. The summed E-state index contributed by atoms with van der Waals surface area (Å²) >= 11 is 0. The van der Waals surface area contributed by atoms with Gasteiger partial charge in [0.1, 0.15) is 0 Å². The number of nitrogens with zero attached hydrogens (tertiary/aromatic N) is 1. The molecule has 4 nitrogen and oxygen atoms in total. The van der Waals surface area contributed by atoms with Crippen LogP contribution < -0.4 is 0 Å². The van der Waals surface area contributed by atoms with Crippen LogP contribution in [0.25, 0.3) is 11.1 Å². The maximum Gasteiger partial charge on any atom is 0.240 e. The third-order valence-electron chi connectivity index (χ3n) is 4.24. The number of nitrogens with one attached hydrogen (secondary N) is 1. The van der Waals surface area contributed by atoms with Crippen LogP contribution in [0.2, 0.25) is 0 Å². The zero-order valence-electron chi connectivity index (χ0n) is 14.5. The van der Waals surface area contributed by atoms with Gasteiger partial charge in [-0.1, -0.05) is 55.3 Å². The van der Waals surface area contributed by atoms with Gasteiger partial charge in [-0.2, -0.15) is 0 Å². The Morgan fingerprint density at radius 3 is 2.48 bits per heavy atom. The molecular formula is C20H22N2O2S. The summed E-state index contributed by atoms with van der Waals surface area (Å²) in [6.45, 7) is 4.13. The monoisotopic (exact) mass is 354 g/mol. The van der Waals surface area contributed by atoms with Crippen molar-refractivity contribution in [1.29, 1.82) is 0 Å². The van der Waals surface area contributed by atoms with Gasteiger partial charge in [-0.25, -0.2) is 13.4 Å². The Labute approximate surface area is 148 Å². The molecule has 0 unspecified atom stereocenters. The molecule has 1 heterocycles. The first-order valence-corrected chi connectivity index (χ1v) is 9.95. The van der Waals surface area contributed by atoms with Crippen LogP contribution in [0.1, 0.15) is 30.9 Å². The molecule has 1 N–H and O–H groups in total. The summed E-state index contributed by atoms with van der Waals surface area (Å²) in [5.74, 6) is 0. The number of hydrogen-bond donors (Lipinski definition) is 1. The smallest absolute Gasteiger partial charge is 0.240 e. The maximum absolute atomic E-state index is 12.9. The van der Waals surface area contributed by atoms with Crippen molar-refractivity contribution in [2.45, 2.75) is 43.2 Å². The van der Waals surface area contributed by atoms with E-state index in [1.807, 2.05) is 31.2 Å². The third-order valence-corrected chi connectivity index (χ3v) is 5.90. The van der Waals surface area contributed by atoms with Gasteiger partial charge in [0, 0.05) is 18.0 Å². The van der Waals surface area contributed by atoms with Crippen LogP contribution >= 0.6 is 0 Å². The van der Waals surface area contributed by atoms with Crippen molar-refractivity contribution in [2.75, 3.05) is 0 Å². The van der Waals surface area contributed by atoms with Crippen LogP contribution in [-0.2, 0) is 16.3 Å². The van der Waals surface area contributed by atoms with E-state index < -0.39 is 9.84 Å². The summed E-state index contributed by atoms with van der Waals surface area (Å²) in [7, 11) is -3.68. The van der Waals surface area contributed by atoms with Gasteiger partial charge in [-0.15, -0.1) is 0 Å². The first kappa shape index (κ1) is 17.4. The molecule has 3 rings (SSSR count). The molecule has 0 amide bonds. The Hall–Kier alpha value is -2.40. The second kappa shape index (κ2) is 7.23. The molecular weight excluding hydrogens is 332 g/mol. The molecule has 2 aromatic carbocycles. The number of benzene rings is 2. The molecule has 0 atom stereocenters. The molecule has 0 saturated carbocycles. The van der Waals surface area contributed by atoms with Gasteiger partial charge in [0.2, 0.25) is 15.0 Å². The van der Waals surface area contributed by atoms with E-state index >= 15 is 0 Å². The Kier molecular flexibility index (Phi) is 5.04. The fraction of sp³-hybridized carbons (Fsp3) is 0.250. The van der Waals surface area contributed by atoms with Gasteiger partial charge in [-0.05, 0) is 37.0 Å². The molecule has 0 bridgehead atoms. The van der Waals surface area contributed by atoms with Crippen molar-refractivity contribution < 1.29 is 8.42 Å².